The Bertz CT molecular complexity index is 368. The summed E-state index contributed by atoms with van der Waals surface area (Å²) < 4.78 is 5.46. The van der Waals surface area contributed by atoms with Gasteiger partial charge in [0.05, 0.1) is 18.4 Å². The Labute approximate surface area is 77.3 Å². The Kier molecular flexibility index (Phi) is 1.82. The number of hydrogen-bond donors (Lipinski definition) is 0. The van der Waals surface area contributed by atoms with Gasteiger partial charge >= 0.3 is 0 Å². The van der Waals surface area contributed by atoms with Crippen molar-refractivity contribution in [2.75, 3.05) is 25.1 Å². The predicted octanol–water partition coefficient (Wildman–Crippen LogP) is 0.891. The van der Waals surface area contributed by atoms with Crippen LogP contribution < -0.4 is 9.64 Å². The third-order valence-corrected chi connectivity index (χ3v) is 2.09. The van der Waals surface area contributed by atoms with Crippen molar-refractivity contribution >= 4 is 5.69 Å². The van der Waals surface area contributed by atoms with Crippen LogP contribution in [0.3, 0.4) is 0 Å². The Morgan fingerprint density at radius 1 is 1.69 bits per heavy atom. The maximum atomic E-state index is 5.46. The van der Waals surface area contributed by atoms with Crippen molar-refractivity contribution in [3.63, 3.8) is 0 Å². The van der Waals surface area contributed by atoms with Crippen LogP contribution in [-0.4, -0.2) is 25.2 Å². The number of fused-ring (bicyclic) bond motifs is 1. The van der Waals surface area contributed by atoms with E-state index in [4.69, 9.17) is 11.2 Å². The van der Waals surface area contributed by atoms with Crippen LogP contribution in [-0.2, 0) is 0 Å². The van der Waals surface area contributed by atoms with Gasteiger partial charge in [-0.1, -0.05) is 5.92 Å². The molecule has 0 radical (unpaired) electrons. The van der Waals surface area contributed by atoms with Crippen LogP contribution in [0.1, 0.15) is 5.69 Å². The van der Waals surface area contributed by atoms with Crippen molar-refractivity contribution in [2.24, 2.45) is 0 Å². The zero-order valence-corrected chi connectivity index (χ0v) is 7.45. The molecule has 0 saturated carbocycles. The molecule has 3 nitrogen and oxygen atoms in total. The van der Waals surface area contributed by atoms with Crippen molar-refractivity contribution in [3.8, 4) is 18.1 Å². The van der Waals surface area contributed by atoms with E-state index in [1.54, 1.807) is 12.3 Å². The Hall–Kier alpha value is -1.69. The summed E-state index contributed by atoms with van der Waals surface area (Å²) in [4.78, 5) is 6.21. The van der Waals surface area contributed by atoms with Crippen LogP contribution in [0.4, 0.5) is 5.69 Å². The maximum Gasteiger partial charge on any atom is 0.147 e. The third-order valence-electron chi connectivity index (χ3n) is 2.09. The summed E-state index contributed by atoms with van der Waals surface area (Å²) in [5.74, 6) is 3.31. The summed E-state index contributed by atoms with van der Waals surface area (Å²) in [7, 11) is 2.01. The Balaban J connectivity index is 2.47. The monoisotopic (exact) mass is 174 g/mol. The first kappa shape index (κ1) is 7.93. The molecule has 0 saturated heterocycles. The number of hydrogen-bond acceptors (Lipinski definition) is 3. The molecule has 1 aliphatic heterocycles. The number of rotatable bonds is 0. The summed E-state index contributed by atoms with van der Waals surface area (Å²) in [6.45, 7) is 1.60. The minimum atomic E-state index is 0.619. The van der Waals surface area contributed by atoms with E-state index in [0.29, 0.717) is 12.3 Å². The van der Waals surface area contributed by atoms with E-state index in [1.807, 2.05) is 7.05 Å². The van der Waals surface area contributed by atoms with E-state index in [9.17, 15) is 0 Å². The molecular formula is C10H10N2O. The zero-order valence-electron chi connectivity index (χ0n) is 7.45. The van der Waals surface area contributed by atoms with Gasteiger partial charge in [-0.05, 0) is 0 Å². The lowest BCUT2D eigenvalue weighted by molar-refractivity contribution is 0.310. The molecule has 1 aromatic heterocycles. The van der Waals surface area contributed by atoms with Gasteiger partial charge in [0.1, 0.15) is 18.1 Å². The average Bonchev–Trinajstić information content (AvgIpc) is 2.18. The van der Waals surface area contributed by atoms with Crippen molar-refractivity contribution in [1.82, 2.24) is 4.98 Å². The normalized spacial score (nSPS) is 14.3. The SMILES string of the molecule is C#Cc1cc2c(cn1)N(C)CCO2. The highest BCUT2D eigenvalue weighted by Gasteiger charge is 2.14. The van der Waals surface area contributed by atoms with Crippen LogP contribution in [0.25, 0.3) is 0 Å². The summed E-state index contributed by atoms with van der Waals surface area (Å²) in [6, 6.07) is 1.80. The lowest BCUT2D eigenvalue weighted by Gasteiger charge is -2.26. The van der Waals surface area contributed by atoms with E-state index < -0.39 is 0 Å². The molecule has 0 fully saturated rings. The van der Waals surface area contributed by atoms with Crippen LogP contribution in [0.2, 0.25) is 0 Å². The second-order valence-corrected chi connectivity index (χ2v) is 2.95. The van der Waals surface area contributed by atoms with E-state index in [-0.39, 0.29) is 0 Å². The second kappa shape index (κ2) is 2.98. The van der Waals surface area contributed by atoms with Crippen LogP contribution in [0.5, 0.6) is 5.75 Å². The molecule has 0 amide bonds. The van der Waals surface area contributed by atoms with Gasteiger partial charge in [0, 0.05) is 13.1 Å². The Morgan fingerprint density at radius 2 is 2.54 bits per heavy atom. The molecule has 3 heteroatoms. The Morgan fingerprint density at radius 3 is 3.31 bits per heavy atom. The number of likely N-dealkylation sites (N-methyl/N-ethyl adjacent to an activating group) is 1. The number of nitrogens with zero attached hydrogens (tertiary/aromatic N) is 2. The third kappa shape index (κ3) is 1.31. The van der Waals surface area contributed by atoms with Crippen molar-refractivity contribution in [1.29, 1.82) is 0 Å². The van der Waals surface area contributed by atoms with E-state index in [2.05, 4.69) is 15.8 Å². The maximum absolute atomic E-state index is 5.46. The molecule has 2 heterocycles. The van der Waals surface area contributed by atoms with Gasteiger partial charge in [-0.2, -0.15) is 0 Å². The van der Waals surface area contributed by atoms with Gasteiger partial charge in [-0.25, -0.2) is 4.98 Å². The molecule has 0 aromatic carbocycles. The van der Waals surface area contributed by atoms with Gasteiger partial charge in [0.25, 0.3) is 0 Å². The average molecular weight is 174 g/mol. The fraction of sp³-hybridized carbons (Fsp3) is 0.300. The lowest BCUT2D eigenvalue weighted by Crippen LogP contribution is -2.28. The fourth-order valence-corrected chi connectivity index (χ4v) is 1.32. The highest BCUT2D eigenvalue weighted by Crippen LogP contribution is 2.29. The number of anilines is 1. The minimum Gasteiger partial charge on any atom is -0.489 e. The molecule has 0 bridgehead atoms. The number of pyridine rings is 1. The van der Waals surface area contributed by atoms with E-state index in [1.165, 1.54) is 0 Å². The smallest absolute Gasteiger partial charge is 0.147 e. The molecule has 0 N–H and O–H groups in total. The van der Waals surface area contributed by atoms with Crippen molar-refractivity contribution in [2.45, 2.75) is 0 Å². The van der Waals surface area contributed by atoms with E-state index >= 15 is 0 Å². The quantitative estimate of drug-likeness (QED) is 0.546. The van der Waals surface area contributed by atoms with Gasteiger partial charge in [-0.15, -0.1) is 6.42 Å². The van der Waals surface area contributed by atoms with Crippen molar-refractivity contribution in [3.05, 3.63) is 18.0 Å². The van der Waals surface area contributed by atoms with Crippen LogP contribution in [0.15, 0.2) is 12.3 Å². The summed E-state index contributed by atoms with van der Waals surface area (Å²) >= 11 is 0. The van der Waals surface area contributed by atoms with Gasteiger partial charge in [0.15, 0.2) is 0 Å². The molecule has 66 valence electrons. The molecule has 1 aliphatic rings. The summed E-state index contributed by atoms with van der Waals surface area (Å²) in [5, 5.41) is 0. The molecule has 0 aliphatic carbocycles. The highest BCUT2D eigenvalue weighted by molar-refractivity contribution is 5.59. The molecule has 1 aromatic rings. The molecular weight excluding hydrogens is 164 g/mol. The second-order valence-electron chi connectivity index (χ2n) is 2.95. The molecule has 13 heavy (non-hydrogen) atoms. The summed E-state index contributed by atoms with van der Waals surface area (Å²) in [6.07, 6.45) is 6.99. The number of terminal acetylenes is 1. The number of aromatic nitrogens is 1. The summed E-state index contributed by atoms with van der Waals surface area (Å²) in [5.41, 5.74) is 1.62. The van der Waals surface area contributed by atoms with Gasteiger partial charge < -0.3 is 9.64 Å². The predicted molar refractivity (Wildman–Crippen MR) is 50.9 cm³/mol. The first-order chi connectivity index (χ1) is 6.31. The van der Waals surface area contributed by atoms with E-state index in [0.717, 1.165) is 18.0 Å². The minimum absolute atomic E-state index is 0.619. The molecule has 0 unspecified atom stereocenters. The molecule has 2 rings (SSSR count). The van der Waals surface area contributed by atoms with Gasteiger partial charge in [0.2, 0.25) is 0 Å². The topological polar surface area (TPSA) is 25.4 Å². The van der Waals surface area contributed by atoms with Crippen LogP contribution in [0, 0.1) is 12.3 Å². The van der Waals surface area contributed by atoms with Gasteiger partial charge in [-0.3, -0.25) is 0 Å². The number of ether oxygens (including phenoxy) is 1. The first-order valence-electron chi connectivity index (χ1n) is 4.12. The molecule has 0 atom stereocenters. The standard InChI is InChI=1S/C10H10N2O/c1-3-8-6-10-9(7-11-8)12(2)4-5-13-10/h1,6-7H,4-5H2,2H3. The first-order valence-corrected chi connectivity index (χ1v) is 4.12. The van der Waals surface area contributed by atoms with Crippen molar-refractivity contribution < 1.29 is 4.74 Å². The molecule has 0 spiro atoms. The highest BCUT2D eigenvalue weighted by atomic mass is 16.5. The fourth-order valence-electron chi connectivity index (χ4n) is 1.32. The zero-order chi connectivity index (χ0) is 9.26. The van der Waals surface area contributed by atoms with Crippen LogP contribution >= 0.6 is 0 Å². The lowest BCUT2D eigenvalue weighted by atomic mass is 10.2. The largest absolute Gasteiger partial charge is 0.489 e.